The number of pyridine rings is 1. The highest BCUT2D eigenvalue weighted by Gasteiger charge is 2.35. The maximum Gasteiger partial charge on any atom is 0.417 e. The van der Waals surface area contributed by atoms with Crippen LogP contribution in [0.5, 0.6) is 0 Å². The second-order valence-corrected chi connectivity index (χ2v) is 4.09. The zero-order valence-electron chi connectivity index (χ0n) is 10.3. The van der Waals surface area contributed by atoms with Crippen molar-refractivity contribution in [3.8, 4) is 0 Å². The number of carbonyl (C=O) groups excluding carboxylic acids is 1. The number of rotatable bonds is 3. The van der Waals surface area contributed by atoms with Gasteiger partial charge in [-0.1, -0.05) is 30.3 Å². The summed E-state index contributed by atoms with van der Waals surface area (Å²) in [5.41, 5.74) is -0.660. The van der Waals surface area contributed by atoms with Gasteiger partial charge in [-0.25, -0.2) is 0 Å². The van der Waals surface area contributed by atoms with Gasteiger partial charge in [0.05, 0.1) is 11.1 Å². The molecule has 0 fully saturated rings. The zero-order chi connectivity index (χ0) is 14.6. The summed E-state index contributed by atoms with van der Waals surface area (Å²) in [7, 11) is 0. The molecule has 0 bridgehead atoms. The van der Waals surface area contributed by atoms with Crippen LogP contribution < -0.4 is 5.32 Å². The fraction of sp³-hybridized carbons (Fsp3) is 0.143. The van der Waals surface area contributed by atoms with E-state index >= 15 is 0 Å². The number of aromatic nitrogens is 1. The fourth-order valence-electron chi connectivity index (χ4n) is 1.70. The monoisotopic (exact) mass is 280 g/mol. The van der Waals surface area contributed by atoms with Crippen LogP contribution in [0.25, 0.3) is 0 Å². The van der Waals surface area contributed by atoms with Gasteiger partial charge in [0.1, 0.15) is 0 Å². The maximum absolute atomic E-state index is 12.8. The Balaban J connectivity index is 2.14. The lowest BCUT2D eigenvalue weighted by atomic mass is 10.1. The molecule has 1 heterocycles. The largest absolute Gasteiger partial charge is 0.417 e. The molecule has 1 amide bonds. The summed E-state index contributed by atoms with van der Waals surface area (Å²) >= 11 is 0. The molecule has 2 aromatic rings. The SMILES string of the molecule is O=C(NCc1ccccc1)c1cnccc1C(F)(F)F. The standard InChI is InChI=1S/C14H11F3N2O/c15-14(16,17)12-6-7-18-9-11(12)13(20)19-8-10-4-2-1-3-5-10/h1-7,9H,8H2,(H,19,20). The summed E-state index contributed by atoms with van der Waals surface area (Å²) in [6.07, 6.45) is -2.65. The molecule has 0 aliphatic rings. The molecule has 0 aliphatic heterocycles. The van der Waals surface area contributed by atoms with Gasteiger partial charge in [-0.3, -0.25) is 9.78 Å². The number of alkyl halides is 3. The average molecular weight is 280 g/mol. The van der Waals surface area contributed by atoms with E-state index in [9.17, 15) is 18.0 Å². The first-order valence-electron chi connectivity index (χ1n) is 5.82. The fourth-order valence-corrected chi connectivity index (χ4v) is 1.70. The summed E-state index contributed by atoms with van der Waals surface area (Å²) in [5.74, 6) is -0.797. The molecule has 6 heteroatoms. The van der Waals surface area contributed by atoms with E-state index < -0.39 is 23.2 Å². The summed E-state index contributed by atoms with van der Waals surface area (Å²) in [6.45, 7) is 0.159. The Kier molecular flexibility index (Phi) is 4.02. The summed E-state index contributed by atoms with van der Waals surface area (Å²) in [5, 5.41) is 2.45. The summed E-state index contributed by atoms with van der Waals surface area (Å²) in [4.78, 5) is 15.4. The van der Waals surface area contributed by atoms with E-state index in [0.29, 0.717) is 0 Å². The van der Waals surface area contributed by atoms with Gasteiger partial charge in [-0.2, -0.15) is 13.2 Å². The van der Waals surface area contributed by atoms with Crippen LogP contribution in [0.1, 0.15) is 21.5 Å². The summed E-state index contributed by atoms with van der Waals surface area (Å²) < 4.78 is 38.3. The van der Waals surface area contributed by atoms with Crippen molar-refractivity contribution in [2.75, 3.05) is 0 Å². The molecule has 0 saturated carbocycles. The van der Waals surface area contributed by atoms with Crippen LogP contribution in [0.4, 0.5) is 13.2 Å². The van der Waals surface area contributed by atoms with E-state index in [1.165, 1.54) is 0 Å². The van der Waals surface area contributed by atoms with E-state index in [0.717, 1.165) is 24.0 Å². The smallest absolute Gasteiger partial charge is 0.348 e. The lowest BCUT2D eigenvalue weighted by Gasteiger charge is -2.12. The van der Waals surface area contributed by atoms with Gasteiger partial charge >= 0.3 is 6.18 Å². The van der Waals surface area contributed by atoms with Crippen molar-refractivity contribution in [2.45, 2.75) is 12.7 Å². The molecule has 0 unspecified atom stereocenters. The number of carbonyl (C=O) groups is 1. The van der Waals surface area contributed by atoms with Crippen LogP contribution in [0.3, 0.4) is 0 Å². The van der Waals surface area contributed by atoms with Gasteiger partial charge in [0, 0.05) is 18.9 Å². The van der Waals surface area contributed by atoms with Crippen molar-refractivity contribution < 1.29 is 18.0 Å². The van der Waals surface area contributed by atoms with Crippen molar-refractivity contribution in [3.63, 3.8) is 0 Å². The van der Waals surface area contributed by atoms with Gasteiger partial charge < -0.3 is 5.32 Å². The van der Waals surface area contributed by atoms with Gasteiger partial charge in [-0.05, 0) is 11.6 Å². The first-order chi connectivity index (χ1) is 9.48. The number of benzene rings is 1. The first kappa shape index (κ1) is 14.0. The number of nitrogens with one attached hydrogen (secondary N) is 1. The number of hydrogen-bond donors (Lipinski definition) is 1. The predicted molar refractivity (Wildman–Crippen MR) is 66.9 cm³/mol. The first-order valence-corrected chi connectivity index (χ1v) is 5.82. The molecule has 1 aromatic heterocycles. The van der Waals surface area contributed by atoms with Gasteiger partial charge in [0.2, 0.25) is 0 Å². The molecule has 0 spiro atoms. The lowest BCUT2D eigenvalue weighted by molar-refractivity contribution is -0.138. The normalized spacial score (nSPS) is 11.2. The van der Waals surface area contributed by atoms with E-state index in [1.807, 2.05) is 6.07 Å². The Labute approximate surface area is 113 Å². The lowest BCUT2D eigenvalue weighted by Crippen LogP contribution is -2.26. The van der Waals surface area contributed by atoms with Crippen molar-refractivity contribution in [3.05, 3.63) is 65.5 Å². The van der Waals surface area contributed by atoms with Crippen molar-refractivity contribution in [1.82, 2.24) is 10.3 Å². The highest BCUT2D eigenvalue weighted by molar-refractivity contribution is 5.95. The molecule has 1 aromatic carbocycles. The minimum atomic E-state index is -4.58. The summed E-state index contributed by atoms with van der Waals surface area (Å²) in [6, 6.07) is 9.72. The third-order valence-corrected chi connectivity index (χ3v) is 2.67. The highest BCUT2D eigenvalue weighted by Crippen LogP contribution is 2.31. The second kappa shape index (κ2) is 5.73. The molecule has 0 atom stereocenters. The molecule has 0 saturated heterocycles. The van der Waals surface area contributed by atoms with E-state index in [1.54, 1.807) is 24.3 Å². The van der Waals surface area contributed by atoms with Crippen molar-refractivity contribution in [1.29, 1.82) is 0 Å². The quantitative estimate of drug-likeness (QED) is 0.939. The van der Waals surface area contributed by atoms with Crippen LogP contribution in [0.2, 0.25) is 0 Å². The molecular formula is C14H11F3N2O. The minimum absolute atomic E-state index is 0.159. The Bertz CT molecular complexity index is 597. The predicted octanol–water partition coefficient (Wildman–Crippen LogP) is 3.03. The maximum atomic E-state index is 12.8. The molecule has 3 nitrogen and oxygen atoms in total. The number of nitrogens with zero attached hydrogens (tertiary/aromatic N) is 1. The Morgan fingerprint density at radius 1 is 1.15 bits per heavy atom. The average Bonchev–Trinajstić information content (AvgIpc) is 2.45. The molecular weight excluding hydrogens is 269 g/mol. The van der Waals surface area contributed by atoms with Crippen LogP contribution >= 0.6 is 0 Å². The van der Waals surface area contributed by atoms with Gasteiger partial charge in [0.15, 0.2) is 0 Å². The molecule has 0 aliphatic carbocycles. The number of amides is 1. The Hall–Kier alpha value is -2.37. The molecule has 1 N–H and O–H groups in total. The van der Waals surface area contributed by atoms with E-state index in [-0.39, 0.29) is 6.54 Å². The second-order valence-electron chi connectivity index (χ2n) is 4.09. The molecule has 20 heavy (non-hydrogen) atoms. The molecule has 2 rings (SSSR count). The minimum Gasteiger partial charge on any atom is -0.348 e. The van der Waals surface area contributed by atoms with Crippen molar-refractivity contribution in [2.24, 2.45) is 0 Å². The highest BCUT2D eigenvalue weighted by atomic mass is 19.4. The molecule has 104 valence electrons. The third kappa shape index (κ3) is 3.34. The van der Waals surface area contributed by atoms with E-state index in [2.05, 4.69) is 10.3 Å². The number of hydrogen-bond acceptors (Lipinski definition) is 2. The van der Waals surface area contributed by atoms with Crippen LogP contribution in [0, 0.1) is 0 Å². The number of halogens is 3. The van der Waals surface area contributed by atoms with Crippen LogP contribution in [-0.4, -0.2) is 10.9 Å². The van der Waals surface area contributed by atoms with Crippen LogP contribution in [0.15, 0.2) is 48.8 Å². The Morgan fingerprint density at radius 3 is 2.50 bits per heavy atom. The topological polar surface area (TPSA) is 42.0 Å². The van der Waals surface area contributed by atoms with E-state index in [4.69, 9.17) is 0 Å². The van der Waals surface area contributed by atoms with Crippen molar-refractivity contribution >= 4 is 5.91 Å². The third-order valence-electron chi connectivity index (χ3n) is 2.67. The van der Waals surface area contributed by atoms with Gasteiger partial charge in [-0.15, -0.1) is 0 Å². The van der Waals surface area contributed by atoms with Crippen LogP contribution in [-0.2, 0) is 12.7 Å². The van der Waals surface area contributed by atoms with Gasteiger partial charge in [0.25, 0.3) is 5.91 Å². The Morgan fingerprint density at radius 2 is 1.85 bits per heavy atom. The molecule has 0 radical (unpaired) electrons. The zero-order valence-corrected chi connectivity index (χ0v) is 10.3.